The molecule has 10 heteroatoms. The SMILES string of the molecule is CCC(CC)c1ccc(-c2ccc(Cc3nc(-c4ccc(Cl)cc4Cl)cn3-c3ccc(N4CC(=O)NS4(=O)=O)cc3)cc2)cc1. The molecule has 1 amide bonds. The highest BCUT2D eigenvalue weighted by molar-refractivity contribution is 7.92. The van der Waals surface area contributed by atoms with Gasteiger partial charge in [0.2, 0.25) is 0 Å². The van der Waals surface area contributed by atoms with Gasteiger partial charge in [-0.1, -0.05) is 85.6 Å². The Morgan fingerprint density at radius 1 is 0.844 bits per heavy atom. The first-order valence-corrected chi connectivity index (χ1v) is 17.0. The predicted octanol–water partition coefficient (Wildman–Crippen LogP) is 8.19. The van der Waals surface area contributed by atoms with E-state index in [-0.39, 0.29) is 6.54 Å². The van der Waals surface area contributed by atoms with E-state index in [2.05, 4.69) is 62.4 Å². The van der Waals surface area contributed by atoms with Crippen LogP contribution in [-0.4, -0.2) is 30.4 Å². The number of carbonyl (C=O) groups is 1. The zero-order valence-electron chi connectivity index (χ0n) is 24.9. The third-order valence-corrected chi connectivity index (χ3v) is 10.2. The van der Waals surface area contributed by atoms with Crippen LogP contribution in [0.3, 0.4) is 0 Å². The van der Waals surface area contributed by atoms with E-state index in [1.807, 2.05) is 21.6 Å². The van der Waals surface area contributed by atoms with E-state index < -0.39 is 16.1 Å². The van der Waals surface area contributed by atoms with E-state index in [1.54, 1.807) is 36.4 Å². The van der Waals surface area contributed by atoms with Gasteiger partial charge in [0.1, 0.15) is 12.4 Å². The highest BCUT2D eigenvalue weighted by atomic mass is 35.5. The van der Waals surface area contributed by atoms with Gasteiger partial charge < -0.3 is 4.57 Å². The molecule has 0 saturated carbocycles. The zero-order valence-corrected chi connectivity index (χ0v) is 27.2. The molecular weight excluding hydrogens is 627 g/mol. The molecule has 45 heavy (non-hydrogen) atoms. The smallest absolute Gasteiger partial charge is 0.303 e. The molecule has 7 nitrogen and oxygen atoms in total. The van der Waals surface area contributed by atoms with Crippen LogP contribution in [0.25, 0.3) is 28.1 Å². The summed E-state index contributed by atoms with van der Waals surface area (Å²) >= 11 is 12.7. The molecule has 1 aliphatic rings. The fourth-order valence-electron chi connectivity index (χ4n) is 5.76. The van der Waals surface area contributed by atoms with Crippen molar-refractivity contribution in [1.82, 2.24) is 14.3 Å². The Morgan fingerprint density at radius 2 is 1.47 bits per heavy atom. The summed E-state index contributed by atoms with van der Waals surface area (Å²) in [7, 11) is -3.90. The predicted molar refractivity (Wildman–Crippen MR) is 181 cm³/mol. The minimum absolute atomic E-state index is 0.255. The highest BCUT2D eigenvalue weighted by Gasteiger charge is 2.34. The van der Waals surface area contributed by atoms with Crippen LogP contribution in [0, 0.1) is 0 Å². The largest absolute Gasteiger partial charge is 0.326 e. The maximum absolute atomic E-state index is 12.3. The Balaban J connectivity index is 1.31. The van der Waals surface area contributed by atoms with Gasteiger partial charge in [0.25, 0.3) is 5.91 Å². The number of imidazole rings is 1. The minimum Gasteiger partial charge on any atom is -0.303 e. The maximum Gasteiger partial charge on any atom is 0.326 e. The number of benzene rings is 4. The highest BCUT2D eigenvalue weighted by Crippen LogP contribution is 2.32. The van der Waals surface area contributed by atoms with E-state index in [0.717, 1.165) is 45.3 Å². The first kappa shape index (κ1) is 30.9. The first-order chi connectivity index (χ1) is 21.6. The van der Waals surface area contributed by atoms with Crippen molar-refractivity contribution in [3.63, 3.8) is 0 Å². The second-order valence-electron chi connectivity index (χ2n) is 11.1. The van der Waals surface area contributed by atoms with E-state index in [9.17, 15) is 13.2 Å². The van der Waals surface area contributed by atoms with Crippen molar-refractivity contribution in [3.8, 4) is 28.1 Å². The standard InChI is InChI=1S/C35H32Cl2N4O3S/c1-3-24(4-2)25-9-11-27(12-10-25)26-7-5-23(6-8-26)19-34-38-33(31-18-13-28(36)20-32(31)37)21-40(34)29-14-16-30(17-15-29)41-22-35(42)39-45(41,43)44/h5-18,20-21,24H,3-4,19,22H2,1-2H3,(H,39,42). The lowest BCUT2D eigenvalue weighted by Gasteiger charge is -2.15. The van der Waals surface area contributed by atoms with Gasteiger partial charge in [-0.15, -0.1) is 0 Å². The second kappa shape index (κ2) is 12.7. The van der Waals surface area contributed by atoms with Gasteiger partial charge in [-0.25, -0.2) is 14.0 Å². The van der Waals surface area contributed by atoms with Crippen LogP contribution in [-0.2, 0) is 21.4 Å². The van der Waals surface area contributed by atoms with Crippen LogP contribution in [0.4, 0.5) is 5.69 Å². The van der Waals surface area contributed by atoms with E-state index in [0.29, 0.717) is 33.8 Å². The molecule has 4 aromatic carbocycles. The van der Waals surface area contributed by atoms with Crippen molar-refractivity contribution >= 4 is 45.0 Å². The Bertz CT molecular complexity index is 1950. The molecule has 0 spiro atoms. The number of aromatic nitrogens is 2. The third-order valence-electron chi connectivity index (χ3n) is 8.24. The monoisotopic (exact) mass is 658 g/mol. The summed E-state index contributed by atoms with van der Waals surface area (Å²) in [6.07, 6.45) is 4.72. The number of anilines is 1. The van der Waals surface area contributed by atoms with Crippen molar-refractivity contribution in [2.45, 2.75) is 39.0 Å². The summed E-state index contributed by atoms with van der Waals surface area (Å²) in [6, 6.07) is 29.6. The zero-order chi connectivity index (χ0) is 31.7. The Kier molecular flexibility index (Phi) is 8.73. The summed E-state index contributed by atoms with van der Waals surface area (Å²) in [5.41, 5.74) is 7.38. The normalized spacial score (nSPS) is 14.2. The molecule has 1 fully saturated rings. The number of hydrogen-bond acceptors (Lipinski definition) is 4. The van der Waals surface area contributed by atoms with Crippen LogP contribution >= 0.6 is 23.2 Å². The van der Waals surface area contributed by atoms with Crippen molar-refractivity contribution in [2.24, 2.45) is 0 Å². The van der Waals surface area contributed by atoms with Crippen LogP contribution < -0.4 is 9.03 Å². The van der Waals surface area contributed by atoms with Crippen molar-refractivity contribution in [3.05, 3.63) is 124 Å². The van der Waals surface area contributed by atoms with Crippen LogP contribution in [0.15, 0.2) is 97.2 Å². The molecule has 6 rings (SSSR count). The van der Waals surface area contributed by atoms with Crippen LogP contribution in [0.2, 0.25) is 10.0 Å². The van der Waals surface area contributed by atoms with E-state index in [4.69, 9.17) is 28.2 Å². The molecule has 0 radical (unpaired) electrons. The van der Waals surface area contributed by atoms with Crippen molar-refractivity contribution < 1.29 is 13.2 Å². The van der Waals surface area contributed by atoms with Gasteiger partial charge in [0.15, 0.2) is 0 Å². The van der Waals surface area contributed by atoms with Crippen molar-refractivity contribution in [1.29, 1.82) is 0 Å². The summed E-state index contributed by atoms with van der Waals surface area (Å²) in [5, 5.41) is 1.03. The first-order valence-electron chi connectivity index (χ1n) is 14.8. The van der Waals surface area contributed by atoms with E-state index in [1.165, 1.54) is 11.1 Å². The van der Waals surface area contributed by atoms with Gasteiger partial charge in [0, 0.05) is 28.9 Å². The Labute approximate surface area is 273 Å². The van der Waals surface area contributed by atoms with Gasteiger partial charge in [-0.05, 0) is 83.5 Å². The minimum atomic E-state index is -3.90. The number of nitrogens with one attached hydrogen (secondary N) is 1. The maximum atomic E-state index is 12.3. The van der Waals surface area contributed by atoms with Gasteiger partial charge in [-0.2, -0.15) is 8.42 Å². The number of rotatable bonds is 9. The summed E-state index contributed by atoms with van der Waals surface area (Å²) in [4.78, 5) is 16.7. The molecule has 0 aliphatic carbocycles. The van der Waals surface area contributed by atoms with Gasteiger partial charge in [-0.3, -0.25) is 4.79 Å². The number of halogens is 2. The third kappa shape index (κ3) is 6.50. The van der Waals surface area contributed by atoms with Crippen LogP contribution in [0.5, 0.6) is 0 Å². The summed E-state index contributed by atoms with van der Waals surface area (Å²) in [6.45, 7) is 4.21. The lowest BCUT2D eigenvalue weighted by molar-refractivity contribution is -0.117. The molecular formula is C35H32Cl2N4O3S. The molecule has 0 unspecified atom stereocenters. The molecule has 230 valence electrons. The molecule has 0 atom stereocenters. The Hall–Kier alpha value is -4.11. The van der Waals surface area contributed by atoms with Crippen LogP contribution in [0.1, 0.15) is 49.6 Å². The summed E-state index contributed by atoms with van der Waals surface area (Å²) in [5.74, 6) is 0.797. The molecule has 2 heterocycles. The molecule has 1 saturated heterocycles. The fraction of sp³-hybridized carbons (Fsp3) is 0.200. The van der Waals surface area contributed by atoms with Gasteiger partial charge in [0.05, 0.1) is 16.4 Å². The average molecular weight is 660 g/mol. The second-order valence-corrected chi connectivity index (χ2v) is 13.5. The summed E-state index contributed by atoms with van der Waals surface area (Å²) < 4.78 is 29.7. The molecule has 1 N–H and O–H groups in total. The average Bonchev–Trinajstić information content (AvgIpc) is 3.57. The number of hydrogen-bond donors (Lipinski definition) is 1. The molecule has 1 aliphatic heterocycles. The Morgan fingerprint density at radius 3 is 2.04 bits per heavy atom. The molecule has 0 bridgehead atoms. The molecule has 5 aromatic rings. The lowest BCUT2D eigenvalue weighted by Crippen LogP contribution is -2.29. The topological polar surface area (TPSA) is 84.3 Å². The number of carbonyl (C=O) groups excluding carboxylic acids is 1. The van der Waals surface area contributed by atoms with E-state index >= 15 is 0 Å². The lowest BCUT2D eigenvalue weighted by atomic mass is 9.92. The molecule has 1 aromatic heterocycles. The number of nitrogens with zero attached hydrogens (tertiary/aromatic N) is 3. The van der Waals surface area contributed by atoms with Crippen molar-refractivity contribution in [2.75, 3.05) is 10.8 Å². The fourth-order valence-corrected chi connectivity index (χ4v) is 7.41. The number of amides is 1. The van der Waals surface area contributed by atoms with Gasteiger partial charge >= 0.3 is 10.2 Å². The quantitative estimate of drug-likeness (QED) is 0.173.